The predicted molar refractivity (Wildman–Crippen MR) is 68.5 cm³/mol. The molecule has 0 radical (unpaired) electrons. The third-order valence-corrected chi connectivity index (χ3v) is 3.44. The lowest BCUT2D eigenvalue weighted by atomic mass is 9.98. The van der Waals surface area contributed by atoms with Crippen molar-refractivity contribution in [3.05, 3.63) is 29.8 Å². The van der Waals surface area contributed by atoms with Crippen LogP contribution in [0.3, 0.4) is 0 Å². The Kier molecular flexibility index (Phi) is 3.52. The number of hydrogen-bond acceptors (Lipinski definition) is 3. The van der Waals surface area contributed by atoms with Crippen LogP contribution in [0.5, 0.6) is 0 Å². The lowest BCUT2D eigenvalue weighted by Gasteiger charge is -2.24. The van der Waals surface area contributed by atoms with Crippen molar-refractivity contribution < 1.29 is 9.90 Å². The number of fused-ring (bicyclic) bond motifs is 1. The largest absolute Gasteiger partial charge is 0.481 e. The number of nitriles is 1. The highest BCUT2D eigenvalue weighted by Gasteiger charge is 2.33. The standard InChI is InChI=1S/C14H16N2O2/c1-2-11(8-15)16-9-10(7-14(17)18)12-5-3-4-6-13(12)16/h3-6,10-11H,2,7,9H2,1H3,(H,17,18). The van der Waals surface area contributed by atoms with E-state index in [2.05, 4.69) is 6.07 Å². The van der Waals surface area contributed by atoms with Gasteiger partial charge in [-0.3, -0.25) is 4.79 Å². The molecule has 0 bridgehead atoms. The molecule has 94 valence electrons. The molecule has 0 aromatic heterocycles. The zero-order chi connectivity index (χ0) is 13.1. The topological polar surface area (TPSA) is 64.3 Å². The Bertz CT molecular complexity index is 493. The van der Waals surface area contributed by atoms with E-state index in [1.807, 2.05) is 36.1 Å². The summed E-state index contributed by atoms with van der Waals surface area (Å²) in [6.07, 6.45) is 0.861. The smallest absolute Gasteiger partial charge is 0.304 e. The molecule has 1 aliphatic heterocycles. The van der Waals surface area contributed by atoms with Crippen molar-refractivity contribution in [1.82, 2.24) is 0 Å². The van der Waals surface area contributed by atoms with Crippen molar-refractivity contribution in [2.24, 2.45) is 0 Å². The maximum atomic E-state index is 10.9. The number of nitrogens with zero attached hydrogens (tertiary/aromatic N) is 2. The number of benzene rings is 1. The molecule has 2 unspecified atom stereocenters. The van der Waals surface area contributed by atoms with E-state index in [4.69, 9.17) is 5.11 Å². The van der Waals surface area contributed by atoms with E-state index in [-0.39, 0.29) is 18.4 Å². The summed E-state index contributed by atoms with van der Waals surface area (Å²) in [5.41, 5.74) is 2.06. The molecule has 0 amide bonds. The average molecular weight is 244 g/mol. The van der Waals surface area contributed by atoms with Crippen molar-refractivity contribution >= 4 is 11.7 Å². The highest BCUT2D eigenvalue weighted by molar-refractivity contribution is 5.71. The third kappa shape index (κ3) is 2.17. The van der Waals surface area contributed by atoms with Crippen molar-refractivity contribution in [3.8, 4) is 6.07 Å². The van der Waals surface area contributed by atoms with E-state index in [1.165, 1.54) is 0 Å². The minimum Gasteiger partial charge on any atom is -0.481 e. The van der Waals surface area contributed by atoms with Crippen LogP contribution in [0.1, 0.15) is 31.2 Å². The van der Waals surface area contributed by atoms with E-state index < -0.39 is 5.97 Å². The maximum absolute atomic E-state index is 10.9. The summed E-state index contributed by atoms with van der Waals surface area (Å²) in [6.45, 7) is 2.60. The molecule has 1 heterocycles. The molecule has 0 saturated heterocycles. The summed E-state index contributed by atoms with van der Waals surface area (Å²) in [4.78, 5) is 12.9. The van der Waals surface area contributed by atoms with Crippen molar-refractivity contribution in [3.63, 3.8) is 0 Å². The first-order chi connectivity index (χ1) is 8.67. The van der Waals surface area contributed by atoms with Gasteiger partial charge in [-0.15, -0.1) is 0 Å². The van der Waals surface area contributed by atoms with Gasteiger partial charge in [0.1, 0.15) is 6.04 Å². The molecule has 1 N–H and O–H groups in total. The van der Waals surface area contributed by atoms with Gasteiger partial charge in [-0.2, -0.15) is 5.26 Å². The zero-order valence-corrected chi connectivity index (χ0v) is 10.3. The number of rotatable bonds is 4. The van der Waals surface area contributed by atoms with Crippen LogP contribution in [-0.4, -0.2) is 23.7 Å². The van der Waals surface area contributed by atoms with Gasteiger partial charge in [-0.25, -0.2) is 0 Å². The number of aliphatic carboxylic acids is 1. The van der Waals surface area contributed by atoms with E-state index in [1.54, 1.807) is 0 Å². The van der Waals surface area contributed by atoms with Gasteiger partial charge in [0.2, 0.25) is 0 Å². The third-order valence-electron chi connectivity index (χ3n) is 3.44. The summed E-state index contributed by atoms with van der Waals surface area (Å²) in [5, 5.41) is 18.1. The Balaban J connectivity index is 2.33. The second kappa shape index (κ2) is 5.09. The lowest BCUT2D eigenvalue weighted by molar-refractivity contribution is -0.137. The number of carboxylic acids is 1. The van der Waals surface area contributed by atoms with Gasteiger partial charge in [-0.1, -0.05) is 25.1 Å². The highest BCUT2D eigenvalue weighted by atomic mass is 16.4. The quantitative estimate of drug-likeness (QED) is 0.883. The molecular formula is C14H16N2O2. The molecule has 18 heavy (non-hydrogen) atoms. The highest BCUT2D eigenvalue weighted by Crippen LogP contribution is 2.39. The number of carboxylic acid groups (broad SMARTS) is 1. The molecule has 1 aromatic carbocycles. The molecular weight excluding hydrogens is 228 g/mol. The Labute approximate surface area is 106 Å². The van der Waals surface area contributed by atoms with Gasteiger partial charge in [0.15, 0.2) is 0 Å². The Morgan fingerprint density at radius 3 is 2.94 bits per heavy atom. The number of para-hydroxylation sites is 1. The van der Waals surface area contributed by atoms with Crippen LogP contribution in [0.25, 0.3) is 0 Å². The molecule has 1 aliphatic rings. The summed E-state index contributed by atoms with van der Waals surface area (Å²) in [5.74, 6) is -0.803. The van der Waals surface area contributed by atoms with Crippen LogP contribution in [0.4, 0.5) is 5.69 Å². The SMILES string of the molecule is CCC(C#N)N1CC(CC(=O)O)c2ccccc21. The zero-order valence-electron chi connectivity index (χ0n) is 10.3. The van der Waals surface area contributed by atoms with E-state index >= 15 is 0 Å². The lowest BCUT2D eigenvalue weighted by Crippen LogP contribution is -2.33. The van der Waals surface area contributed by atoms with E-state index in [0.29, 0.717) is 6.54 Å². The summed E-state index contributed by atoms with van der Waals surface area (Å²) in [7, 11) is 0. The predicted octanol–water partition coefficient (Wildman–Crippen LogP) is 2.37. The number of hydrogen-bond donors (Lipinski definition) is 1. The van der Waals surface area contributed by atoms with Gasteiger partial charge in [0.05, 0.1) is 12.5 Å². The maximum Gasteiger partial charge on any atom is 0.304 e. The Morgan fingerprint density at radius 2 is 2.33 bits per heavy atom. The molecule has 4 nitrogen and oxygen atoms in total. The fourth-order valence-corrected chi connectivity index (χ4v) is 2.59. The van der Waals surface area contributed by atoms with Crippen LogP contribution in [0.2, 0.25) is 0 Å². The molecule has 0 spiro atoms. The van der Waals surface area contributed by atoms with Crippen molar-refractivity contribution in [2.45, 2.75) is 31.7 Å². The number of carbonyl (C=O) groups is 1. The molecule has 0 fully saturated rings. The van der Waals surface area contributed by atoms with Crippen LogP contribution in [-0.2, 0) is 4.79 Å². The molecule has 0 aliphatic carbocycles. The molecule has 4 heteroatoms. The van der Waals surface area contributed by atoms with Crippen LogP contribution >= 0.6 is 0 Å². The molecule has 2 atom stereocenters. The van der Waals surface area contributed by atoms with E-state index in [0.717, 1.165) is 17.7 Å². The summed E-state index contributed by atoms with van der Waals surface area (Å²) < 4.78 is 0. The summed E-state index contributed by atoms with van der Waals surface area (Å²) in [6, 6.07) is 9.90. The first-order valence-electron chi connectivity index (χ1n) is 6.14. The van der Waals surface area contributed by atoms with Gasteiger partial charge >= 0.3 is 5.97 Å². The van der Waals surface area contributed by atoms with E-state index in [9.17, 15) is 10.1 Å². The van der Waals surface area contributed by atoms with Crippen molar-refractivity contribution in [2.75, 3.05) is 11.4 Å². The minimum atomic E-state index is -0.790. The molecule has 0 saturated carbocycles. The fraction of sp³-hybridized carbons (Fsp3) is 0.429. The first-order valence-corrected chi connectivity index (χ1v) is 6.14. The molecule has 1 aromatic rings. The van der Waals surface area contributed by atoms with Gasteiger partial charge < -0.3 is 10.0 Å². The monoisotopic (exact) mass is 244 g/mol. The summed E-state index contributed by atoms with van der Waals surface area (Å²) >= 11 is 0. The van der Waals surface area contributed by atoms with Gasteiger partial charge in [0.25, 0.3) is 0 Å². The molecule has 2 rings (SSSR count). The second-order valence-electron chi connectivity index (χ2n) is 4.56. The Hall–Kier alpha value is -2.02. The van der Waals surface area contributed by atoms with Crippen LogP contribution in [0.15, 0.2) is 24.3 Å². The Morgan fingerprint density at radius 1 is 1.61 bits per heavy atom. The second-order valence-corrected chi connectivity index (χ2v) is 4.56. The average Bonchev–Trinajstić information content (AvgIpc) is 2.70. The normalized spacial score (nSPS) is 19.1. The first kappa shape index (κ1) is 12.4. The van der Waals surface area contributed by atoms with Gasteiger partial charge in [0, 0.05) is 18.2 Å². The van der Waals surface area contributed by atoms with Crippen molar-refractivity contribution in [1.29, 1.82) is 5.26 Å². The minimum absolute atomic E-state index is 0.0129. The fourth-order valence-electron chi connectivity index (χ4n) is 2.59. The van der Waals surface area contributed by atoms with Gasteiger partial charge in [-0.05, 0) is 18.1 Å². The number of anilines is 1. The van der Waals surface area contributed by atoms with Crippen LogP contribution < -0.4 is 4.90 Å². The van der Waals surface area contributed by atoms with Crippen LogP contribution in [0, 0.1) is 11.3 Å².